The van der Waals surface area contributed by atoms with Gasteiger partial charge in [0.2, 0.25) is 0 Å². The summed E-state index contributed by atoms with van der Waals surface area (Å²) < 4.78 is 16.2. The normalized spacial score (nSPS) is 29.4. The molecule has 0 amide bonds. The summed E-state index contributed by atoms with van der Waals surface area (Å²) in [5, 5.41) is 0. The summed E-state index contributed by atoms with van der Waals surface area (Å²) in [6.07, 6.45) is 7.62. The fraction of sp³-hybridized carbons (Fsp3) is 0.786. The molecule has 0 aromatic heterocycles. The number of carbonyl (C=O) groups excluding carboxylic acids is 1. The molecule has 0 radical (unpaired) electrons. The maximum absolute atomic E-state index is 10.8. The van der Waals surface area contributed by atoms with Gasteiger partial charge in [-0.2, -0.15) is 0 Å². The molecular formula is C14H22O4. The van der Waals surface area contributed by atoms with Gasteiger partial charge in [0, 0.05) is 25.0 Å². The highest BCUT2D eigenvalue weighted by Crippen LogP contribution is 2.38. The largest absolute Gasteiger partial charge is 0.463 e. The number of carbonyl (C=O) groups is 1. The van der Waals surface area contributed by atoms with Crippen molar-refractivity contribution < 1.29 is 19.0 Å². The van der Waals surface area contributed by atoms with Crippen molar-refractivity contribution >= 4 is 5.97 Å². The van der Waals surface area contributed by atoms with E-state index in [-0.39, 0.29) is 5.97 Å². The van der Waals surface area contributed by atoms with E-state index in [1.165, 1.54) is 25.3 Å². The van der Waals surface area contributed by atoms with E-state index in [9.17, 15) is 4.79 Å². The Morgan fingerprint density at radius 2 is 2.11 bits per heavy atom. The van der Waals surface area contributed by atoms with Crippen LogP contribution in [0.1, 0.15) is 32.1 Å². The number of unbranched alkanes of at least 4 members (excludes halogenated alkanes) is 1. The fourth-order valence-electron chi connectivity index (χ4n) is 2.53. The van der Waals surface area contributed by atoms with Crippen LogP contribution in [0.25, 0.3) is 0 Å². The number of rotatable bonds is 8. The first-order chi connectivity index (χ1) is 8.79. The molecule has 102 valence electrons. The van der Waals surface area contributed by atoms with E-state index < -0.39 is 0 Å². The molecule has 4 heteroatoms. The van der Waals surface area contributed by atoms with Gasteiger partial charge in [-0.3, -0.25) is 0 Å². The quantitative estimate of drug-likeness (QED) is 0.378. The summed E-state index contributed by atoms with van der Waals surface area (Å²) >= 11 is 0. The molecule has 3 rings (SSSR count). The lowest BCUT2D eigenvalue weighted by atomic mass is 9.80. The van der Waals surface area contributed by atoms with Crippen molar-refractivity contribution in [1.29, 1.82) is 0 Å². The second-order valence-corrected chi connectivity index (χ2v) is 5.02. The Kier molecular flexibility index (Phi) is 5.20. The van der Waals surface area contributed by atoms with Gasteiger partial charge in [-0.15, -0.1) is 0 Å². The molecule has 3 aliphatic rings. The maximum Gasteiger partial charge on any atom is 0.330 e. The third kappa shape index (κ3) is 3.82. The number of ether oxygens (including phenoxy) is 3. The van der Waals surface area contributed by atoms with Crippen LogP contribution in [0.4, 0.5) is 0 Å². The van der Waals surface area contributed by atoms with Crippen molar-refractivity contribution in [3.8, 4) is 0 Å². The lowest BCUT2D eigenvalue weighted by Crippen LogP contribution is -2.48. The van der Waals surface area contributed by atoms with Gasteiger partial charge in [0.25, 0.3) is 0 Å². The Morgan fingerprint density at radius 1 is 1.33 bits per heavy atom. The van der Waals surface area contributed by atoms with Crippen LogP contribution in [0.2, 0.25) is 0 Å². The molecular weight excluding hydrogens is 232 g/mol. The Balaban J connectivity index is 1.41. The third-order valence-electron chi connectivity index (χ3n) is 3.67. The predicted molar refractivity (Wildman–Crippen MR) is 67.2 cm³/mol. The van der Waals surface area contributed by atoms with Crippen LogP contribution in [-0.4, -0.2) is 38.0 Å². The van der Waals surface area contributed by atoms with Crippen LogP contribution in [-0.2, 0) is 19.0 Å². The summed E-state index contributed by atoms with van der Waals surface area (Å²) in [5.41, 5.74) is 0. The molecule has 3 atom stereocenters. The lowest BCUT2D eigenvalue weighted by molar-refractivity contribution is -0.195. The first kappa shape index (κ1) is 13.6. The Morgan fingerprint density at radius 3 is 2.78 bits per heavy atom. The van der Waals surface area contributed by atoms with Crippen LogP contribution in [0.15, 0.2) is 12.7 Å². The first-order valence-electron chi connectivity index (χ1n) is 6.82. The fourth-order valence-corrected chi connectivity index (χ4v) is 2.53. The zero-order valence-electron chi connectivity index (χ0n) is 10.8. The molecule has 0 aromatic carbocycles. The van der Waals surface area contributed by atoms with E-state index in [0.29, 0.717) is 24.7 Å². The molecule has 2 heterocycles. The monoisotopic (exact) mass is 254 g/mol. The molecule has 3 unspecified atom stereocenters. The van der Waals surface area contributed by atoms with Crippen molar-refractivity contribution in [3.05, 3.63) is 12.7 Å². The molecule has 4 nitrogen and oxygen atoms in total. The minimum absolute atomic E-state index is 0.352. The van der Waals surface area contributed by atoms with Crippen molar-refractivity contribution in [2.24, 2.45) is 5.92 Å². The van der Waals surface area contributed by atoms with E-state index >= 15 is 0 Å². The van der Waals surface area contributed by atoms with Crippen molar-refractivity contribution in [2.45, 2.75) is 44.3 Å². The Labute approximate surface area is 108 Å². The van der Waals surface area contributed by atoms with Crippen molar-refractivity contribution in [1.82, 2.24) is 0 Å². The van der Waals surface area contributed by atoms with Crippen LogP contribution < -0.4 is 0 Å². The summed E-state index contributed by atoms with van der Waals surface area (Å²) in [5.74, 6) is 0.239. The minimum atomic E-state index is -0.352. The van der Waals surface area contributed by atoms with Gasteiger partial charge in [-0.1, -0.05) is 6.58 Å². The minimum Gasteiger partial charge on any atom is -0.463 e. The van der Waals surface area contributed by atoms with Gasteiger partial charge in [-0.05, 0) is 25.7 Å². The van der Waals surface area contributed by atoms with Crippen molar-refractivity contribution in [3.63, 3.8) is 0 Å². The molecule has 18 heavy (non-hydrogen) atoms. The molecule has 3 fully saturated rings. The van der Waals surface area contributed by atoms with Crippen LogP contribution in [0.3, 0.4) is 0 Å². The molecule has 1 saturated carbocycles. The summed E-state index contributed by atoms with van der Waals surface area (Å²) in [7, 11) is 0. The van der Waals surface area contributed by atoms with Crippen LogP contribution in [0.5, 0.6) is 0 Å². The number of esters is 1. The molecule has 1 aliphatic carbocycles. The maximum atomic E-state index is 10.8. The second-order valence-electron chi connectivity index (χ2n) is 5.02. The lowest BCUT2D eigenvalue weighted by Gasteiger charge is -2.46. The average Bonchev–Trinajstić information content (AvgIpc) is 2.36. The molecule has 2 aliphatic heterocycles. The van der Waals surface area contributed by atoms with Crippen molar-refractivity contribution in [2.75, 3.05) is 19.8 Å². The van der Waals surface area contributed by atoms with Gasteiger partial charge >= 0.3 is 5.97 Å². The highest BCUT2D eigenvalue weighted by Gasteiger charge is 2.40. The van der Waals surface area contributed by atoms with Gasteiger partial charge < -0.3 is 14.2 Å². The van der Waals surface area contributed by atoms with Crippen LogP contribution >= 0.6 is 0 Å². The number of hydrogen-bond donors (Lipinski definition) is 0. The molecule has 2 bridgehead atoms. The standard InChI is InChI=1S/C14H22O4/c1-2-14(15)17-8-4-3-7-16-10-11-5-6-12-9-13(11)18-12/h2,11-13H,1,3-10H2. The highest BCUT2D eigenvalue weighted by molar-refractivity contribution is 5.81. The van der Waals surface area contributed by atoms with E-state index in [0.717, 1.165) is 26.1 Å². The van der Waals surface area contributed by atoms with Gasteiger partial charge in [0.1, 0.15) is 0 Å². The van der Waals surface area contributed by atoms with E-state index in [2.05, 4.69) is 6.58 Å². The topological polar surface area (TPSA) is 44.8 Å². The summed E-state index contributed by atoms with van der Waals surface area (Å²) in [6, 6.07) is 0. The number of fused-ring (bicyclic) bond motifs is 2. The predicted octanol–water partition coefficient (Wildman–Crippen LogP) is 2.08. The average molecular weight is 254 g/mol. The Bertz CT molecular complexity index is 281. The molecule has 0 N–H and O–H groups in total. The van der Waals surface area contributed by atoms with E-state index in [1.807, 2.05) is 0 Å². The van der Waals surface area contributed by atoms with Crippen LogP contribution in [0, 0.1) is 5.92 Å². The van der Waals surface area contributed by atoms with Gasteiger partial charge in [0.15, 0.2) is 0 Å². The highest BCUT2D eigenvalue weighted by atomic mass is 16.5. The van der Waals surface area contributed by atoms with E-state index in [4.69, 9.17) is 14.2 Å². The number of hydrogen-bond acceptors (Lipinski definition) is 4. The summed E-state index contributed by atoms with van der Waals surface area (Å²) in [4.78, 5) is 10.8. The molecule has 2 saturated heterocycles. The first-order valence-corrected chi connectivity index (χ1v) is 6.82. The third-order valence-corrected chi connectivity index (χ3v) is 3.67. The van der Waals surface area contributed by atoms with Gasteiger partial charge in [-0.25, -0.2) is 4.79 Å². The molecule has 0 aromatic rings. The SMILES string of the molecule is C=CC(=O)OCCCCOCC1CCC2CC1O2. The zero-order chi connectivity index (χ0) is 12.8. The zero-order valence-corrected chi connectivity index (χ0v) is 10.8. The molecule has 0 spiro atoms. The van der Waals surface area contributed by atoms with Gasteiger partial charge in [0.05, 0.1) is 25.4 Å². The second kappa shape index (κ2) is 6.90. The van der Waals surface area contributed by atoms with E-state index in [1.54, 1.807) is 0 Å². The summed E-state index contributed by atoms with van der Waals surface area (Å²) in [6.45, 7) is 5.33. The Hall–Kier alpha value is -0.870. The smallest absolute Gasteiger partial charge is 0.330 e.